The number of hydrogen-bond donors (Lipinski definition) is 2. The molecule has 0 aliphatic heterocycles. The van der Waals surface area contributed by atoms with Crippen LogP contribution in [0.25, 0.3) is 0 Å². The van der Waals surface area contributed by atoms with Crippen LogP contribution in [0.2, 0.25) is 0 Å². The fraction of sp³-hybridized carbons (Fsp3) is 0.0476. The van der Waals surface area contributed by atoms with Crippen LogP contribution in [0.5, 0.6) is 11.5 Å². The summed E-state index contributed by atoms with van der Waals surface area (Å²) in [5.41, 5.74) is 4.37. The van der Waals surface area contributed by atoms with Gasteiger partial charge in [0.2, 0.25) is 0 Å². The minimum Gasteiger partial charge on any atom is -0.507 e. The van der Waals surface area contributed by atoms with Crippen LogP contribution in [-0.2, 0) is 0 Å². The Morgan fingerprint density at radius 2 is 1.79 bits per heavy atom. The quantitative estimate of drug-likeness (QED) is 0.300. The van der Waals surface area contributed by atoms with Crippen molar-refractivity contribution < 1.29 is 14.6 Å². The first-order chi connectivity index (χ1) is 14.1. The molecule has 0 aliphatic rings. The van der Waals surface area contributed by atoms with E-state index < -0.39 is 5.91 Å². The maximum absolute atomic E-state index is 12.2. The van der Waals surface area contributed by atoms with Gasteiger partial charge < -0.3 is 9.84 Å². The summed E-state index contributed by atoms with van der Waals surface area (Å²) in [5, 5.41) is 22.2. The first-order valence-electron chi connectivity index (χ1n) is 8.53. The number of hydrogen-bond acceptors (Lipinski definition) is 6. The summed E-state index contributed by atoms with van der Waals surface area (Å²) >= 11 is 3.38. The Morgan fingerprint density at radius 3 is 2.55 bits per heavy atom. The number of carbonyl (C=O) groups is 1. The van der Waals surface area contributed by atoms with Gasteiger partial charge >= 0.3 is 0 Å². The molecule has 3 rings (SSSR count). The molecule has 0 aliphatic carbocycles. The molecular formula is C21H17BrN4O3. The molecule has 0 fully saturated rings. The molecule has 7 nitrogen and oxygen atoms in total. The summed E-state index contributed by atoms with van der Waals surface area (Å²) in [6.45, 7) is 0. The molecule has 8 heteroatoms. The maximum Gasteiger partial charge on any atom is 0.275 e. The SMILES string of the molecule is COc1ccccc1C(=O)N/N=C\c1cc(N=Nc2cccc(Br)c2)ccc1O. The van der Waals surface area contributed by atoms with E-state index in [1.165, 1.54) is 19.4 Å². The van der Waals surface area contributed by atoms with E-state index in [9.17, 15) is 9.90 Å². The van der Waals surface area contributed by atoms with Crippen molar-refractivity contribution in [3.8, 4) is 11.5 Å². The van der Waals surface area contributed by atoms with Gasteiger partial charge in [0, 0.05) is 10.0 Å². The maximum atomic E-state index is 12.2. The molecule has 3 aromatic carbocycles. The second kappa shape index (κ2) is 9.61. The van der Waals surface area contributed by atoms with Crippen LogP contribution >= 0.6 is 15.9 Å². The number of halogens is 1. The van der Waals surface area contributed by atoms with Crippen LogP contribution in [0.15, 0.2) is 86.5 Å². The lowest BCUT2D eigenvalue weighted by atomic mass is 10.2. The molecule has 3 aromatic rings. The Hall–Kier alpha value is -3.52. The number of azo groups is 1. The molecule has 0 aromatic heterocycles. The highest BCUT2D eigenvalue weighted by Gasteiger charge is 2.10. The van der Waals surface area contributed by atoms with Crippen LogP contribution in [0.3, 0.4) is 0 Å². The number of nitrogens with one attached hydrogen (secondary N) is 1. The van der Waals surface area contributed by atoms with Gasteiger partial charge in [-0.05, 0) is 48.5 Å². The molecule has 0 saturated heterocycles. The highest BCUT2D eigenvalue weighted by Crippen LogP contribution is 2.25. The standard InChI is InChI=1S/C21H17BrN4O3/c1-29-20-8-3-2-7-18(20)21(28)26-23-13-14-11-17(9-10-19(14)27)25-24-16-6-4-5-15(22)12-16/h2-13,27H,1H3,(H,26,28)/b23-13-,25-24?. The first-order valence-corrected chi connectivity index (χ1v) is 9.33. The summed E-state index contributed by atoms with van der Waals surface area (Å²) < 4.78 is 6.06. The van der Waals surface area contributed by atoms with Crippen molar-refractivity contribution in [3.63, 3.8) is 0 Å². The molecular weight excluding hydrogens is 436 g/mol. The predicted octanol–water partition coefficient (Wildman–Crippen LogP) is 5.34. The highest BCUT2D eigenvalue weighted by molar-refractivity contribution is 9.10. The monoisotopic (exact) mass is 452 g/mol. The largest absolute Gasteiger partial charge is 0.507 e. The lowest BCUT2D eigenvalue weighted by molar-refractivity contribution is 0.0952. The number of carbonyl (C=O) groups excluding carboxylic acids is 1. The summed E-state index contributed by atoms with van der Waals surface area (Å²) in [4.78, 5) is 12.2. The van der Waals surface area contributed by atoms with E-state index in [4.69, 9.17) is 4.74 Å². The van der Waals surface area contributed by atoms with Gasteiger partial charge in [0.1, 0.15) is 11.5 Å². The van der Waals surface area contributed by atoms with Gasteiger partial charge in [-0.15, -0.1) is 0 Å². The van der Waals surface area contributed by atoms with E-state index in [-0.39, 0.29) is 5.75 Å². The number of aromatic hydroxyl groups is 1. The zero-order valence-electron chi connectivity index (χ0n) is 15.4. The predicted molar refractivity (Wildman–Crippen MR) is 114 cm³/mol. The second-order valence-electron chi connectivity index (χ2n) is 5.82. The van der Waals surface area contributed by atoms with Crippen LogP contribution < -0.4 is 10.2 Å². The highest BCUT2D eigenvalue weighted by atomic mass is 79.9. The fourth-order valence-corrected chi connectivity index (χ4v) is 2.80. The van der Waals surface area contributed by atoms with Crippen molar-refractivity contribution in [1.82, 2.24) is 5.43 Å². The van der Waals surface area contributed by atoms with Crippen molar-refractivity contribution >= 4 is 39.4 Å². The molecule has 0 unspecified atom stereocenters. The van der Waals surface area contributed by atoms with Crippen LogP contribution in [0.1, 0.15) is 15.9 Å². The molecule has 0 bridgehead atoms. The van der Waals surface area contributed by atoms with Gasteiger partial charge in [0.05, 0.1) is 30.3 Å². The Morgan fingerprint density at radius 1 is 1.03 bits per heavy atom. The van der Waals surface area contributed by atoms with Crippen molar-refractivity contribution in [2.24, 2.45) is 15.3 Å². The van der Waals surface area contributed by atoms with E-state index in [2.05, 4.69) is 36.7 Å². The minimum absolute atomic E-state index is 0.00157. The molecule has 0 spiro atoms. The normalized spacial score (nSPS) is 11.1. The number of methoxy groups -OCH3 is 1. The second-order valence-corrected chi connectivity index (χ2v) is 6.74. The van der Waals surface area contributed by atoms with Crippen molar-refractivity contribution in [3.05, 3.63) is 82.3 Å². The topological polar surface area (TPSA) is 95.6 Å². The number of hydrazone groups is 1. The first kappa shape index (κ1) is 20.2. The number of rotatable bonds is 6. The lowest BCUT2D eigenvalue weighted by Gasteiger charge is -2.06. The molecule has 0 heterocycles. The van der Waals surface area contributed by atoms with Crippen LogP contribution in [0.4, 0.5) is 11.4 Å². The Kier molecular flexibility index (Phi) is 6.70. The number of phenols is 1. The third kappa shape index (κ3) is 5.49. The van der Waals surface area contributed by atoms with Gasteiger partial charge in [-0.3, -0.25) is 4.79 Å². The van der Waals surface area contributed by atoms with Gasteiger partial charge in [-0.1, -0.05) is 34.1 Å². The average Bonchev–Trinajstić information content (AvgIpc) is 2.74. The summed E-state index contributed by atoms with van der Waals surface area (Å²) in [6, 6.07) is 18.9. The zero-order valence-corrected chi connectivity index (χ0v) is 17.0. The third-order valence-corrected chi connectivity index (χ3v) is 4.31. The number of nitrogens with zero attached hydrogens (tertiary/aromatic N) is 3. The Bertz CT molecular complexity index is 1080. The zero-order chi connectivity index (χ0) is 20.6. The van der Waals surface area contributed by atoms with E-state index in [1.807, 2.05) is 24.3 Å². The number of benzene rings is 3. The van der Waals surface area contributed by atoms with E-state index >= 15 is 0 Å². The van der Waals surface area contributed by atoms with E-state index in [1.54, 1.807) is 36.4 Å². The van der Waals surface area contributed by atoms with Gasteiger partial charge in [-0.2, -0.15) is 15.3 Å². The molecule has 1 amide bonds. The Labute approximate surface area is 175 Å². The number of para-hydroxylation sites is 1. The number of amides is 1. The third-order valence-electron chi connectivity index (χ3n) is 3.82. The fourth-order valence-electron chi connectivity index (χ4n) is 2.41. The van der Waals surface area contributed by atoms with Crippen molar-refractivity contribution in [2.45, 2.75) is 0 Å². The number of phenolic OH excluding ortho intramolecular Hbond substituents is 1. The van der Waals surface area contributed by atoms with E-state index in [0.717, 1.165) is 4.47 Å². The van der Waals surface area contributed by atoms with Crippen molar-refractivity contribution in [2.75, 3.05) is 7.11 Å². The molecule has 29 heavy (non-hydrogen) atoms. The molecule has 146 valence electrons. The van der Waals surface area contributed by atoms with Crippen LogP contribution in [0, 0.1) is 0 Å². The Balaban J connectivity index is 1.72. The van der Waals surface area contributed by atoms with E-state index in [0.29, 0.717) is 28.3 Å². The van der Waals surface area contributed by atoms with Crippen molar-refractivity contribution in [1.29, 1.82) is 0 Å². The minimum atomic E-state index is -0.427. The summed E-state index contributed by atoms with van der Waals surface area (Å²) in [7, 11) is 1.49. The molecule has 0 radical (unpaired) electrons. The van der Waals surface area contributed by atoms with Gasteiger partial charge in [0.15, 0.2) is 0 Å². The summed E-state index contributed by atoms with van der Waals surface area (Å²) in [5.74, 6) is 0.0170. The molecule has 0 saturated carbocycles. The molecule has 0 atom stereocenters. The van der Waals surface area contributed by atoms with Crippen LogP contribution in [-0.4, -0.2) is 24.3 Å². The average molecular weight is 453 g/mol. The summed E-state index contributed by atoms with van der Waals surface area (Å²) in [6.07, 6.45) is 1.33. The number of ether oxygens (including phenoxy) is 1. The van der Waals surface area contributed by atoms with Gasteiger partial charge in [0.25, 0.3) is 5.91 Å². The van der Waals surface area contributed by atoms with Gasteiger partial charge in [-0.25, -0.2) is 5.43 Å². The molecule has 2 N–H and O–H groups in total. The lowest BCUT2D eigenvalue weighted by Crippen LogP contribution is -2.18. The smallest absolute Gasteiger partial charge is 0.275 e.